The van der Waals surface area contributed by atoms with E-state index in [1.807, 2.05) is 32.9 Å². The number of benzene rings is 2. The molecule has 25 heavy (non-hydrogen) atoms. The van der Waals surface area contributed by atoms with Crippen LogP contribution in [-0.4, -0.2) is 15.7 Å². The Balaban J connectivity index is 2.08. The van der Waals surface area contributed by atoms with Crippen LogP contribution in [0.5, 0.6) is 0 Å². The fourth-order valence-electron chi connectivity index (χ4n) is 2.66. The van der Waals surface area contributed by atoms with Crippen LogP contribution in [0.2, 0.25) is 5.02 Å². The molecule has 6 heteroatoms. The van der Waals surface area contributed by atoms with E-state index in [1.165, 1.54) is 0 Å². The van der Waals surface area contributed by atoms with Gasteiger partial charge in [-0.2, -0.15) is 5.10 Å². The number of amides is 1. The van der Waals surface area contributed by atoms with E-state index in [9.17, 15) is 9.59 Å². The summed E-state index contributed by atoms with van der Waals surface area (Å²) >= 11 is 6.01. The molecule has 0 aliphatic heterocycles. The highest BCUT2D eigenvalue weighted by Crippen LogP contribution is 2.18. The third-order valence-corrected chi connectivity index (χ3v) is 4.43. The molecule has 1 amide bonds. The Bertz CT molecular complexity index is 1040. The van der Waals surface area contributed by atoms with Gasteiger partial charge in [0, 0.05) is 17.3 Å². The molecule has 1 aromatic heterocycles. The zero-order valence-corrected chi connectivity index (χ0v) is 15.0. The lowest BCUT2D eigenvalue weighted by molar-refractivity contribution is 0.101. The molecule has 1 heterocycles. The van der Waals surface area contributed by atoms with Crippen LogP contribution in [0.15, 0.2) is 41.2 Å². The second-order valence-corrected chi connectivity index (χ2v) is 6.34. The summed E-state index contributed by atoms with van der Waals surface area (Å²) < 4.78 is 1.63. The summed E-state index contributed by atoms with van der Waals surface area (Å²) in [6.07, 6.45) is 0. The van der Waals surface area contributed by atoms with Gasteiger partial charge in [0.25, 0.3) is 5.91 Å². The lowest BCUT2D eigenvalue weighted by Gasteiger charge is -2.11. The minimum Gasteiger partial charge on any atom is -0.320 e. The van der Waals surface area contributed by atoms with Crippen molar-refractivity contribution in [3.05, 3.63) is 68.5 Å². The highest BCUT2D eigenvalue weighted by molar-refractivity contribution is 6.31. The molecule has 1 N–H and O–H groups in total. The molecule has 2 aromatic carbocycles. The van der Waals surface area contributed by atoms with E-state index in [0.717, 1.165) is 11.1 Å². The molecule has 128 valence electrons. The molecule has 0 aliphatic rings. The van der Waals surface area contributed by atoms with Gasteiger partial charge in [0.2, 0.25) is 5.43 Å². The Morgan fingerprint density at radius 2 is 1.92 bits per heavy atom. The van der Waals surface area contributed by atoms with Crippen molar-refractivity contribution in [1.82, 2.24) is 9.78 Å². The number of hydrogen-bond acceptors (Lipinski definition) is 3. The Hall–Kier alpha value is -2.66. The van der Waals surface area contributed by atoms with Gasteiger partial charge in [0.1, 0.15) is 0 Å². The standard InChI is InChI=1S/C19H18ClN3O2/c1-4-23-16-8-6-13(20)10-15(16)18(24)17(22-23)19(25)21-14-7-5-11(2)12(3)9-14/h5-10H,4H2,1-3H3,(H,21,25). The summed E-state index contributed by atoms with van der Waals surface area (Å²) in [5, 5.41) is 7.81. The summed E-state index contributed by atoms with van der Waals surface area (Å²) in [5.74, 6) is -0.530. The molecule has 3 aromatic rings. The third kappa shape index (κ3) is 3.28. The van der Waals surface area contributed by atoms with Crippen LogP contribution in [0.1, 0.15) is 28.5 Å². The fraction of sp³-hybridized carbons (Fsp3) is 0.211. The Morgan fingerprint density at radius 1 is 1.16 bits per heavy atom. The number of nitrogens with zero attached hydrogens (tertiary/aromatic N) is 2. The molecule has 0 saturated carbocycles. The van der Waals surface area contributed by atoms with Gasteiger partial charge in [0.15, 0.2) is 5.69 Å². The van der Waals surface area contributed by atoms with E-state index in [-0.39, 0.29) is 5.69 Å². The smallest absolute Gasteiger partial charge is 0.280 e. The Kier molecular flexibility index (Phi) is 4.59. The van der Waals surface area contributed by atoms with E-state index in [4.69, 9.17) is 11.6 Å². The van der Waals surface area contributed by atoms with Crippen molar-refractivity contribution in [2.45, 2.75) is 27.3 Å². The minimum absolute atomic E-state index is 0.144. The van der Waals surface area contributed by atoms with E-state index in [1.54, 1.807) is 28.9 Å². The Labute approximate surface area is 150 Å². The molecule has 0 aliphatic carbocycles. The number of carbonyl (C=O) groups excluding carboxylic acids is 1. The quantitative estimate of drug-likeness (QED) is 0.774. The zero-order valence-electron chi connectivity index (χ0n) is 14.3. The van der Waals surface area contributed by atoms with E-state index >= 15 is 0 Å². The molecule has 0 spiro atoms. The van der Waals surface area contributed by atoms with Crippen molar-refractivity contribution in [1.29, 1.82) is 0 Å². The maximum Gasteiger partial charge on any atom is 0.280 e. The van der Waals surface area contributed by atoms with Crippen LogP contribution < -0.4 is 10.7 Å². The number of aryl methyl sites for hydroxylation is 3. The first-order chi connectivity index (χ1) is 11.9. The number of fused-ring (bicyclic) bond motifs is 1. The van der Waals surface area contributed by atoms with Crippen LogP contribution in [0, 0.1) is 13.8 Å². The van der Waals surface area contributed by atoms with E-state index in [0.29, 0.717) is 28.2 Å². The molecule has 0 fully saturated rings. The van der Waals surface area contributed by atoms with E-state index < -0.39 is 11.3 Å². The van der Waals surface area contributed by atoms with Crippen LogP contribution in [0.3, 0.4) is 0 Å². The van der Waals surface area contributed by atoms with Crippen molar-refractivity contribution in [3.63, 3.8) is 0 Å². The van der Waals surface area contributed by atoms with Gasteiger partial charge in [-0.15, -0.1) is 0 Å². The SMILES string of the molecule is CCn1nc(C(=O)Nc2ccc(C)c(C)c2)c(=O)c2cc(Cl)ccc21. The second kappa shape index (κ2) is 6.69. The fourth-order valence-corrected chi connectivity index (χ4v) is 2.83. The minimum atomic E-state index is -0.530. The lowest BCUT2D eigenvalue weighted by atomic mass is 10.1. The number of halogens is 1. The molecule has 0 saturated heterocycles. The van der Waals surface area contributed by atoms with Crippen molar-refractivity contribution < 1.29 is 4.79 Å². The predicted octanol–water partition coefficient (Wildman–Crippen LogP) is 3.94. The summed E-state index contributed by atoms with van der Waals surface area (Å²) in [5.41, 5.74) is 2.90. The van der Waals surface area contributed by atoms with Gasteiger partial charge in [-0.25, -0.2) is 0 Å². The number of hydrogen-bond donors (Lipinski definition) is 1. The monoisotopic (exact) mass is 355 g/mol. The largest absolute Gasteiger partial charge is 0.320 e. The summed E-state index contributed by atoms with van der Waals surface area (Å²) in [7, 11) is 0. The van der Waals surface area contributed by atoms with Crippen molar-refractivity contribution in [2.75, 3.05) is 5.32 Å². The lowest BCUT2D eigenvalue weighted by Crippen LogP contribution is -2.27. The van der Waals surface area contributed by atoms with Gasteiger partial charge in [-0.3, -0.25) is 14.3 Å². The normalized spacial score (nSPS) is 10.9. The highest BCUT2D eigenvalue weighted by Gasteiger charge is 2.17. The van der Waals surface area contributed by atoms with Crippen LogP contribution in [-0.2, 0) is 6.54 Å². The number of carbonyl (C=O) groups is 1. The average molecular weight is 356 g/mol. The summed E-state index contributed by atoms with van der Waals surface area (Å²) in [4.78, 5) is 25.3. The summed E-state index contributed by atoms with van der Waals surface area (Å²) in [6, 6.07) is 10.6. The molecule has 5 nitrogen and oxygen atoms in total. The molecule has 3 rings (SSSR count). The second-order valence-electron chi connectivity index (χ2n) is 5.91. The van der Waals surface area contributed by atoms with Gasteiger partial charge >= 0.3 is 0 Å². The first-order valence-electron chi connectivity index (χ1n) is 7.99. The first kappa shape index (κ1) is 17.2. The molecular weight excluding hydrogens is 338 g/mol. The van der Waals surface area contributed by atoms with Crippen LogP contribution in [0.25, 0.3) is 10.9 Å². The van der Waals surface area contributed by atoms with Gasteiger partial charge in [-0.05, 0) is 62.2 Å². The van der Waals surface area contributed by atoms with Gasteiger partial charge in [-0.1, -0.05) is 17.7 Å². The predicted molar refractivity (Wildman–Crippen MR) is 101 cm³/mol. The van der Waals surface area contributed by atoms with Gasteiger partial charge in [0.05, 0.1) is 10.9 Å². The van der Waals surface area contributed by atoms with Crippen LogP contribution in [0.4, 0.5) is 5.69 Å². The molecule has 0 radical (unpaired) electrons. The zero-order chi connectivity index (χ0) is 18.1. The van der Waals surface area contributed by atoms with Crippen molar-refractivity contribution >= 4 is 34.1 Å². The van der Waals surface area contributed by atoms with Gasteiger partial charge < -0.3 is 5.32 Å². The number of rotatable bonds is 3. The highest BCUT2D eigenvalue weighted by atomic mass is 35.5. The number of nitrogens with one attached hydrogen (secondary N) is 1. The molecule has 0 atom stereocenters. The van der Waals surface area contributed by atoms with Crippen LogP contribution >= 0.6 is 11.6 Å². The van der Waals surface area contributed by atoms with Crippen molar-refractivity contribution in [3.8, 4) is 0 Å². The number of aromatic nitrogens is 2. The molecule has 0 bridgehead atoms. The maximum absolute atomic E-state index is 12.7. The van der Waals surface area contributed by atoms with E-state index in [2.05, 4.69) is 10.4 Å². The Morgan fingerprint density at radius 3 is 2.60 bits per heavy atom. The number of anilines is 1. The first-order valence-corrected chi connectivity index (χ1v) is 8.37. The summed E-state index contributed by atoms with van der Waals surface area (Å²) in [6.45, 7) is 6.39. The third-order valence-electron chi connectivity index (χ3n) is 4.20. The maximum atomic E-state index is 12.7. The molecular formula is C19H18ClN3O2. The van der Waals surface area contributed by atoms with Crippen molar-refractivity contribution in [2.24, 2.45) is 0 Å². The molecule has 0 unspecified atom stereocenters. The topological polar surface area (TPSA) is 64.0 Å². The average Bonchev–Trinajstić information content (AvgIpc) is 2.59.